The quantitative estimate of drug-likeness (QED) is 0.457. The van der Waals surface area contributed by atoms with Crippen molar-refractivity contribution in [3.8, 4) is 5.75 Å². The summed E-state index contributed by atoms with van der Waals surface area (Å²) in [6.07, 6.45) is 1.83. The van der Waals surface area contributed by atoms with Gasteiger partial charge < -0.3 is 10.1 Å². The molecule has 4 nitrogen and oxygen atoms in total. The van der Waals surface area contributed by atoms with Crippen molar-refractivity contribution in [1.82, 2.24) is 5.32 Å². The van der Waals surface area contributed by atoms with Crippen molar-refractivity contribution < 1.29 is 9.53 Å². The van der Waals surface area contributed by atoms with E-state index >= 15 is 0 Å². The maximum atomic E-state index is 12.5. The number of aliphatic imine (C=N–C) groups is 1. The minimum absolute atomic E-state index is 0.169. The molecule has 31 heavy (non-hydrogen) atoms. The Morgan fingerprint density at radius 1 is 1.03 bits per heavy atom. The molecule has 1 saturated heterocycles. The molecule has 0 aromatic heterocycles. The molecule has 1 N–H and O–H groups in total. The molecule has 0 unspecified atom stereocenters. The third-order valence-corrected chi connectivity index (χ3v) is 5.72. The molecule has 1 fully saturated rings. The highest BCUT2D eigenvalue weighted by Gasteiger charge is 2.24. The summed E-state index contributed by atoms with van der Waals surface area (Å²) in [5.41, 5.74) is 4.90. The summed E-state index contributed by atoms with van der Waals surface area (Å²) >= 11 is 7.38. The lowest BCUT2D eigenvalue weighted by Gasteiger charge is -2.10. The van der Waals surface area contributed by atoms with E-state index in [4.69, 9.17) is 16.3 Å². The van der Waals surface area contributed by atoms with Crippen LogP contribution >= 0.6 is 23.4 Å². The standard InChI is InChI=1S/C25H21ClN2O2S/c1-16-10-17(2)12-21(11-16)27-25-28-24(29)23(31-25)14-19-7-3-4-9-22(19)30-15-18-6-5-8-20(26)13-18/h3-14H,15H2,1-2H3,(H,27,28,29)/b23-14-. The number of thioether (sulfide) groups is 1. The molecular weight excluding hydrogens is 428 g/mol. The van der Waals surface area contributed by atoms with Crippen LogP contribution in [-0.2, 0) is 11.4 Å². The van der Waals surface area contributed by atoms with Crippen molar-refractivity contribution in [3.05, 3.63) is 98.9 Å². The Bertz CT molecular complexity index is 1180. The Balaban J connectivity index is 1.53. The van der Waals surface area contributed by atoms with Crippen molar-refractivity contribution in [1.29, 1.82) is 0 Å². The maximum absolute atomic E-state index is 12.5. The Morgan fingerprint density at radius 3 is 2.58 bits per heavy atom. The first kappa shape index (κ1) is 21.2. The minimum Gasteiger partial charge on any atom is -0.488 e. The summed E-state index contributed by atoms with van der Waals surface area (Å²) in [7, 11) is 0. The van der Waals surface area contributed by atoms with E-state index in [1.807, 2.05) is 80.6 Å². The van der Waals surface area contributed by atoms with Gasteiger partial charge in [0, 0.05) is 10.6 Å². The topological polar surface area (TPSA) is 50.7 Å². The van der Waals surface area contributed by atoms with Crippen molar-refractivity contribution >= 4 is 46.2 Å². The zero-order valence-corrected chi connectivity index (χ0v) is 18.8. The molecule has 3 aromatic carbocycles. The summed E-state index contributed by atoms with van der Waals surface area (Å²) in [5, 5.41) is 4.09. The lowest BCUT2D eigenvalue weighted by molar-refractivity contribution is -0.115. The molecule has 0 saturated carbocycles. The average Bonchev–Trinajstić information content (AvgIpc) is 3.05. The molecule has 6 heteroatoms. The summed E-state index contributed by atoms with van der Waals surface area (Å²) in [4.78, 5) is 17.7. The predicted molar refractivity (Wildman–Crippen MR) is 129 cm³/mol. The predicted octanol–water partition coefficient (Wildman–Crippen LogP) is 6.43. The zero-order chi connectivity index (χ0) is 21.8. The number of carbonyl (C=O) groups is 1. The molecule has 1 amide bonds. The van der Waals surface area contributed by atoms with Crippen molar-refractivity contribution in [2.24, 2.45) is 4.99 Å². The Labute approximate surface area is 191 Å². The van der Waals surface area contributed by atoms with Gasteiger partial charge in [0.2, 0.25) is 0 Å². The van der Waals surface area contributed by atoms with Crippen LogP contribution in [0.15, 0.2) is 76.6 Å². The van der Waals surface area contributed by atoms with Crippen LogP contribution in [-0.4, -0.2) is 11.1 Å². The van der Waals surface area contributed by atoms with Gasteiger partial charge in [0.1, 0.15) is 12.4 Å². The van der Waals surface area contributed by atoms with Crippen LogP contribution in [0.5, 0.6) is 5.75 Å². The average molecular weight is 449 g/mol. The molecular formula is C25H21ClN2O2S. The SMILES string of the molecule is Cc1cc(C)cc(N=C2NC(=O)/C(=C/c3ccccc3OCc3cccc(Cl)c3)S2)c1. The van der Waals surface area contributed by atoms with Gasteiger partial charge in [-0.3, -0.25) is 4.79 Å². The molecule has 4 rings (SSSR count). The molecule has 0 radical (unpaired) electrons. The second kappa shape index (κ2) is 9.41. The van der Waals surface area contributed by atoms with E-state index in [1.165, 1.54) is 11.8 Å². The lowest BCUT2D eigenvalue weighted by Crippen LogP contribution is -2.19. The van der Waals surface area contributed by atoms with Crippen LogP contribution < -0.4 is 10.1 Å². The smallest absolute Gasteiger partial charge is 0.264 e. The van der Waals surface area contributed by atoms with Gasteiger partial charge in [-0.25, -0.2) is 4.99 Å². The highest BCUT2D eigenvalue weighted by atomic mass is 35.5. The molecule has 0 bridgehead atoms. The van der Waals surface area contributed by atoms with Crippen LogP contribution in [0.4, 0.5) is 5.69 Å². The fourth-order valence-corrected chi connectivity index (χ4v) is 4.32. The number of hydrogen-bond donors (Lipinski definition) is 1. The van der Waals surface area contributed by atoms with E-state index in [2.05, 4.69) is 16.4 Å². The number of aryl methyl sites for hydroxylation is 2. The van der Waals surface area contributed by atoms with Crippen LogP contribution in [0.1, 0.15) is 22.3 Å². The van der Waals surface area contributed by atoms with Gasteiger partial charge in [-0.15, -0.1) is 0 Å². The molecule has 1 heterocycles. The van der Waals surface area contributed by atoms with Crippen LogP contribution in [0.2, 0.25) is 5.02 Å². The number of hydrogen-bond acceptors (Lipinski definition) is 4. The van der Waals surface area contributed by atoms with Crippen molar-refractivity contribution in [2.75, 3.05) is 0 Å². The first-order valence-electron chi connectivity index (χ1n) is 9.80. The number of ether oxygens (including phenoxy) is 1. The highest BCUT2D eigenvalue weighted by molar-refractivity contribution is 8.18. The molecule has 3 aromatic rings. The van der Waals surface area contributed by atoms with E-state index in [1.54, 1.807) is 0 Å². The first-order valence-corrected chi connectivity index (χ1v) is 11.0. The minimum atomic E-state index is -0.169. The number of amides is 1. The number of para-hydroxylation sites is 1. The highest BCUT2D eigenvalue weighted by Crippen LogP contribution is 2.31. The number of benzene rings is 3. The zero-order valence-electron chi connectivity index (χ0n) is 17.2. The fraction of sp³-hybridized carbons (Fsp3) is 0.120. The van der Waals surface area contributed by atoms with Gasteiger partial charge >= 0.3 is 0 Å². The summed E-state index contributed by atoms with van der Waals surface area (Å²) < 4.78 is 6.00. The Hall–Kier alpha value is -3.02. The van der Waals surface area contributed by atoms with Gasteiger partial charge in [0.15, 0.2) is 5.17 Å². The van der Waals surface area contributed by atoms with Gasteiger partial charge in [-0.2, -0.15) is 0 Å². The number of rotatable bonds is 5. The summed E-state index contributed by atoms with van der Waals surface area (Å²) in [6.45, 7) is 4.45. The number of nitrogens with one attached hydrogen (secondary N) is 1. The fourth-order valence-electron chi connectivity index (χ4n) is 3.27. The third kappa shape index (κ3) is 5.57. The Kier molecular flexibility index (Phi) is 6.44. The van der Waals surface area contributed by atoms with Crippen LogP contribution in [0.25, 0.3) is 6.08 Å². The largest absolute Gasteiger partial charge is 0.488 e. The summed E-state index contributed by atoms with van der Waals surface area (Å²) in [6, 6.07) is 21.3. The second-order valence-electron chi connectivity index (χ2n) is 7.28. The lowest BCUT2D eigenvalue weighted by atomic mass is 10.1. The molecule has 0 atom stereocenters. The van der Waals surface area contributed by atoms with Gasteiger partial charge in [-0.05, 0) is 78.7 Å². The molecule has 1 aliphatic rings. The van der Waals surface area contributed by atoms with Crippen molar-refractivity contribution in [3.63, 3.8) is 0 Å². The number of carbonyl (C=O) groups excluding carboxylic acids is 1. The number of halogens is 1. The maximum Gasteiger partial charge on any atom is 0.264 e. The van der Waals surface area contributed by atoms with E-state index in [9.17, 15) is 4.79 Å². The number of nitrogens with zero attached hydrogens (tertiary/aromatic N) is 1. The number of amidine groups is 1. The molecule has 0 spiro atoms. The van der Waals surface area contributed by atoms with E-state index in [0.29, 0.717) is 27.5 Å². The molecule has 0 aliphatic carbocycles. The normalized spacial score (nSPS) is 16.0. The van der Waals surface area contributed by atoms with E-state index < -0.39 is 0 Å². The van der Waals surface area contributed by atoms with Gasteiger partial charge in [0.05, 0.1) is 10.6 Å². The third-order valence-electron chi connectivity index (χ3n) is 4.58. The van der Waals surface area contributed by atoms with Crippen molar-refractivity contribution in [2.45, 2.75) is 20.5 Å². The first-order chi connectivity index (χ1) is 15.0. The second-order valence-corrected chi connectivity index (χ2v) is 8.75. The summed E-state index contributed by atoms with van der Waals surface area (Å²) in [5.74, 6) is 0.529. The molecule has 156 valence electrons. The van der Waals surface area contributed by atoms with Gasteiger partial charge in [-0.1, -0.05) is 48.0 Å². The van der Waals surface area contributed by atoms with Crippen LogP contribution in [0, 0.1) is 13.8 Å². The van der Waals surface area contributed by atoms with Gasteiger partial charge in [0.25, 0.3) is 5.91 Å². The van der Waals surface area contributed by atoms with Crippen LogP contribution in [0.3, 0.4) is 0 Å². The van der Waals surface area contributed by atoms with E-state index in [0.717, 1.165) is 27.9 Å². The van der Waals surface area contributed by atoms with E-state index in [-0.39, 0.29) is 5.91 Å². The monoisotopic (exact) mass is 448 g/mol. The molecule has 1 aliphatic heterocycles. The Morgan fingerprint density at radius 2 is 1.81 bits per heavy atom.